The Labute approximate surface area is 118 Å². The van der Waals surface area contributed by atoms with Gasteiger partial charge in [0.25, 0.3) is 0 Å². The Morgan fingerprint density at radius 3 is 1.56 bits per heavy atom. The minimum absolute atomic E-state index is 0.194. The average molecular weight is 274 g/mol. The number of rotatable bonds is 5. The molecule has 0 saturated heterocycles. The van der Waals surface area contributed by atoms with Gasteiger partial charge in [-0.3, -0.25) is 4.90 Å². The van der Waals surface area contributed by atoms with Crippen molar-refractivity contribution in [3.05, 3.63) is 0 Å². The molecule has 0 aromatic heterocycles. The number of nitrogens with zero attached hydrogens (tertiary/aromatic N) is 2. The molecule has 0 bridgehead atoms. The van der Waals surface area contributed by atoms with Gasteiger partial charge in [-0.1, -0.05) is 0 Å². The van der Waals surface area contributed by atoms with Crippen molar-refractivity contribution in [2.45, 2.75) is 91.0 Å². The van der Waals surface area contributed by atoms with E-state index in [1.54, 1.807) is 0 Å². The molecule has 106 valence electrons. The van der Waals surface area contributed by atoms with Crippen LogP contribution in [0.25, 0.3) is 0 Å². The number of hydrogen-bond acceptors (Lipinski definition) is 1. The van der Waals surface area contributed by atoms with E-state index in [-0.39, 0.29) is 5.38 Å². The molecule has 1 aliphatic carbocycles. The largest absolute Gasteiger partial charge is 0.285 e. The van der Waals surface area contributed by atoms with Crippen molar-refractivity contribution < 1.29 is 4.58 Å². The van der Waals surface area contributed by atoms with Crippen LogP contribution in [0.3, 0.4) is 0 Å². The Kier molecular flexibility index (Phi) is 5.25. The predicted octanol–water partition coefficient (Wildman–Crippen LogP) is 3.37. The monoisotopic (exact) mass is 273 g/mol. The summed E-state index contributed by atoms with van der Waals surface area (Å²) in [6, 6.07) is 2.54. The molecular weight excluding hydrogens is 244 g/mol. The maximum atomic E-state index is 6.56. The molecule has 3 heteroatoms. The molecule has 0 aromatic carbocycles. The van der Waals surface area contributed by atoms with Crippen LogP contribution in [0.2, 0.25) is 0 Å². The van der Waals surface area contributed by atoms with Crippen LogP contribution in [0.1, 0.15) is 55.4 Å². The molecule has 1 fully saturated rings. The fraction of sp³-hybridized carbons (Fsp3) is 0.933. The summed E-state index contributed by atoms with van der Waals surface area (Å²) in [5, 5.41) is 0.194. The van der Waals surface area contributed by atoms with Crippen molar-refractivity contribution in [2.75, 3.05) is 0 Å². The third-order valence-electron chi connectivity index (χ3n) is 3.68. The second-order valence-corrected chi connectivity index (χ2v) is 6.97. The molecule has 1 rings (SSSR count). The van der Waals surface area contributed by atoms with E-state index in [9.17, 15) is 0 Å². The van der Waals surface area contributed by atoms with Crippen molar-refractivity contribution in [1.82, 2.24) is 4.90 Å². The van der Waals surface area contributed by atoms with Gasteiger partial charge in [-0.05, 0) is 55.4 Å². The fourth-order valence-electron chi connectivity index (χ4n) is 3.24. The van der Waals surface area contributed by atoms with E-state index < -0.39 is 0 Å². The van der Waals surface area contributed by atoms with E-state index in [2.05, 4.69) is 64.9 Å². The maximum absolute atomic E-state index is 6.56. The summed E-state index contributed by atoms with van der Waals surface area (Å²) in [7, 11) is 0. The Bertz CT molecular complexity index is 300. The SMILES string of the molecule is CC(C)N(C(C)C)C1C(=[N+](C(C)C)C(C)C)C1Cl. The summed E-state index contributed by atoms with van der Waals surface area (Å²) >= 11 is 6.56. The third kappa shape index (κ3) is 3.08. The first kappa shape index (κ1) is 16.0. The van der Waals surface area contributed by atoms with Gasteiger partial charge >= 0.3 is 0 Å². The van der Waals surface area contributed by atoms with Gasteiger partial charge in [0.1, 0.15) is 23.5 Å². The molecule has 1 saturated carbocycles. The van der Waals surface area contributed by atoms with Crippen molar-refractivity contribution in [3.63, 3.8) is 0 Å². The van der Waals surface area contributed by atoms with Gasteiger partial charge in [0.15, 0.2) is 5.71 Å². The molecule has 0 spiro atoms. The molecule has 2 atom stereocenters. The zero-order valence-corrected chi connectivity index (χ0v) is 14.0. The summed E-state index contributed by atoms with van der Waals surface area (Å²) in [4.78, 5) is 2.53. The lowest BCUT2D eigenvalue weighted by Gasteiger charge is -2.29. The molecule has 2 nitrogen and oxygen atoms in total. The van der Waals surface area contributed by atoms with Gasteiger partial charge in [0.2, 0.25) is 0 Å². The zero-order chi connectivity index (χ0) is 14.2. The van der Waals surface area contributed by atoms with E-state index in [4.69, 9.17) is 11.6 Å². The lowest BCUT2D eigenvalue weighted by Crippen LogP contribution is -2.42. The van der Waals surface area contributed by atoms with Gasteiger partial charge in [-0.25, -0.2) is 4.58 Å². The molecule has 0 radical (unpaired) electrons. The molecule has 0 N–H and O–H groups in total. The van der Waals surface area contributed by atoms with Crippen LogP contribution >= 0.6 is 11.6 Å². The van der Waals surface area contributed by atoms with E-state index in [1.807, 2.05) is 0 Å². The van der Waals surface area contributed by atoms with Crippen LogP contribution in [0.15, 0.2) is 0 Å². The quantitative estimate of drug-likeness (QED) is 0.550. The van der Waals surface area contributed by atoms with Crippen molar-refractivity contribution in [1.29, 1.82) is 0 Å². The molecule has 18 heavy (non-hydrogen) atoms. The summed E-state index contributed by atoms with van der Waals surface area (Å²) in [6.45, 7) is 18.0. The van der Waals surface area contributed by atoms with Crippen LogP contribution in [0, 0.1) is 0 Å². The van der Waals surface area contributed by atoms with Crippen molar-refractivity contribution in [3.8, 4) is 0 Å². The Balaban J connectivity index is 3.05. The van der Waals surface area contributed by atoms with Crippen LogP contribution in [0.5, 0.6) is 0 Å². The number of hydrogen-bond donors (Lipinski definition) is 0. The van der Waals surface area contributed by atoms with E-state index in [0.717, 1.165) is 0 Å². The number of halogens is 1. The predicted molar refractivity (Wildman–Crippen MR) is 81.1 cm³/mol. The van der Waals surface area contributed by atoms with Gasteiger partial charge in [-0.15, -0.1) is 11.6 Å². The van der Waals surface area contributed by atoms with Crippen LogP contribution in [-0.4, -0.2) is 50.8 Å². The van der Waals surface area contributed by atoms with Gasteiger partial charge in [0.05, 0.1) is 0 Å². The highest BCUT2D eigenvalue weighted by Gasteiger charge is 2.58. The lowest BCUT2D eigenvalue weighted by molar-refractivity contribution is -0.586. The fourth-order valence-corrected chi connectivity index (χ4v) is 3.66. The van der Waals surface area contributed by atoms with Gasteiger partial charge in [0, 0.05) is 12.1 Å². The molecule has 2 unspecified atom stereocenters. The molecular formula is C15H30ClN2+. The summed E-state index contributed by atoms with van der Waals surface area (Å²) in [6.07, 6.45) is 0. The molecule has 1 aliphatic rings. The van der Waals surface area contributed by atoms with E-state index in [1.165, 1.54) is 5.71 Å². The third-order valence-corrected chi connectivity index (χ3v) is 4.14. The lowest BCUT2D eigenvalue weighted by atomic mass is 10.2. The summed E-state index contributed by atoms with van der Waals surface area (Å²) < 4.78 is 2.49. The smallest absolute Gasteiger partial charge is 0.192 e. The molecule has 0 aromatic rings. The molecule has 0 aliphatic heterocycles. The number of alkyl halides is 1. The first-order valence-corrected chi connectivity index (χ1v) is 7.70. The second-order valence-electron chi connectivity index (χ2n) is 6.50. The first-order valence-electron chi connectivity index (χ1n) is 7.26. The van der Waals surface area contributed by atoms with Crippen LogP contribution in [0.4, 0.5) is 0 Å². The minimum Gasteiger partial charge on any atom is -0.285 e. The zero-order valence-electron chi connectivity index (χ0n) is 13.2. The first-order chi connectivity index (χ1) is 8.20. The summed E-state index contributed by atoms with van der Waals surface area (Å²) in [5.74, 6) is 0. The Morgan fingerprint density at radius 1 is 0.889 bits per heavy atom. The molecule has 0 amide bonds. The molecule has 0 heterocycles. The van der Waals surface area contributed by atoms with Gasteiger partial charge < -0.3 is 0 Å². The van der Waals surface area contributed by atoms with Crippen LogP contribution in [-0.2, 0) is 0 Å². The highest BCUT2D eigenvalue weighted by molar-refractivity contribution is 6.42. The second kappa shape index (κ2) is 5.92. The maximum Gasteiger partial charge on any atom is 0.192 e. The highest BCUT2D eigenvalue weighted by atomic mass is 35.5. The standard InChI is InChI=1S/C15H30ClN2/c1-9(2)17(10(3)4)14-13(16)15(14)18(11(5)6)12(7)8/h9-14H,1-8H3/q+1. The minimum atomic E-state index is 0.194. The van der Waals surface area contributed by atoms with Crippen LogP contribution < -0.4 is 0 Å². The highest BCUT2D eigenvalue weighted by Crippen LogP contribution is 2.34. The van der Waals surface area contributed by atoms with E-state index in [0.29, 0.717) is 30.2 Å². The normalized spacial score (nSPS) is 24.0. The van der Waals surface area contributed by atoms with Crippen molar-refractivity contribution >= 4 is 17.3 Å². The van der Waals surface area contributed by atoms with Crippen molar-refractivity contribution in [2.24, 2.45) is 0 Å². The average Bonchev–Trinajstić information content (AvgIpc) is 2.76. The Morgan fingerprint density at radius 2 is 1.28 bits per heavy atom. The van der Waals surface area contributed by atoms with Gasteiger partial charge in [-0.2, -0.15) is 0 Å². The summed E-state index contributed by atoms with van der Waals surface area (Å²) in [5.41, 5.74) is 1.42. The van der Waals surface area contributed by atoms with E-state index >= 15 is 0 Å². The Hall–Kier alpha value is -0.0800. The topological polar surface area (TPSA) is 6.25 Å².